The van der Waals surface area contributed by atoms with Gasteiger partial charge in [0.05, 0.1) is 17.9 Å². The van der Waals surface area contributed by atoms with E-state index in [1.807, 2.05) is 31.2 Å². The third kappa shape index (κ3) is 3.07. The van der Waals surface area contributed by atoms with Crippen molar-refractivity contribution in [2.75, 3.05) is 12.3 Å². The molecule has 2 N–H and O–H groups in total. The van der Waals surface area contributed by atoms with Crippen molar-refractivity contribution in [3.05, 3.63) is 57.2 Å². The van der Waals surface area contributed by atoms with Crippen LogP contribution in [0.2, 0.25) is 0 Å². The van der Waals surface area contributed by atoms with Crippen molar-refractivity contribution in [2.45, 2.75) is 6.92 Å². The number of nitrogens with two attached hydrogens (primary N) is 1. The van der Waals surface area contributed by atoms with E-state index < -0.39 is 0 Å². The molecule has 98 valence electrons. The van der Waals surface area contributed by atoms with E-state index in [-0.39, 0.29) is 5.78 Å². The summed E-state index contributed by atoms with van der Waals surface area (Å²) >= 11 is 2.20. The molecule has 2 aromatic rings. The van der Waals surface area contributed by atoms with Crippen LogP contribution in [0.3, 0.4) is 0 Å². The lowest BCUT2D eigenvalue weighted by Crippen LogP contribution is -2.07. The number of rotatable bonds is 4. The van der Waals surface area contributed by atoms with Crippen molar-refractivity contribution in [1.29, 1.82) is 0 Å². The van der Waals surface area contributed by atoms with E-state index in [1.165, 1.54) is 0 Å². The minimum absolute atomic E-state index is 0.0767. The number of hydrogen-bond donors (Lipinski definition) is 1. The Morgan fingerprint density at radius 3 is 2.53 bits per heavy atom. The largest absolute Gasteiger partial charge is 0.491 e. The van der Waals surface area contributed by atoms with Gasteiger partial charge in [0.1, 0.15) is 0 Å². The number of anilines is 1. The van der Waals surface area contributed by atoms with Gasteiger partial charge in [0.2, 0.25) is 0 Å². The maximum absolute atomic E-state index is 12.5. The first-order chi connectivity index (χ1) is 9.13. The van der Waals surface area contributed by atoms with Gasteiger partial charge in [-0.3, -0.25) is 4.79 Å². The van der Waals surface area contributed by atoms with E-state index in [2.05, 4.69) is 22.6 Å². The molecule has 0 aliphatic carbocycles. The van der Waals surface area contributed by atoms with Crippen molar-refractivity contribution in [3.8, 4) is 5.75 Å². The number of carbonyl (C=O) groups excluding carboxylic acids is 1. The van der Waals surface area contributed by atoms with Gasteiger partial charge in [-0.25, -0.2) is 0 Å². The summed E-state index contributed by atoms with van der Waals surface area (Å²) in [5, 5.41) is 0. The molecule has 2 aromatic carbocycles. The van der Waals surface area contributed by atoms with E-state index in [9.17, 15) is 4.79 Å². The first kappa shape index (κ1) is 13.9. The third-order valence-electron chi connectivity index (χ3n) is 2.69. The molecule has 0 unspecified atom stereocenters. The fourth-order valence-corrected chi connectivity index (χ4v) is 2.16. The zero-order valence-corrected chi connectivity index (χ0v) is 12.7. The van der Waals surface area contributed by atoms with Crippen LogP contribution in [-0.2, 0) is 0 Å². The van der Waals surface area contributed by atoms with Gasteiger partial charge in [0, 0.05) is 9.13 Å². The molecule has 0 amide bonds. The predicted molar refractivity (Wildman–Crippen MR) is 84.6 cm³/mol. The van der Waals surface area contributed by atoms with Gasteiger partial charge >= 0.3 is 0 Å². The molecule has 0 fully saturated rings. The Kier molecular flexibility index (Phi) is 4.42. The van der Waals surface area contributed by atoms with Crippen LogP contribution in [0.4, 0.5) is 5.69 Å². The number of halogens is 1. The van der Waals surface area contributed by atoms with E-state index >= 15 is 0 Å². The number of para-hydroxylation sites is 1. The van der Waals surface area contributed by atoms with Crippen LogP contribution in [0.25, 0.3) is 0 Å². The van der Waals surface area contributed by atoms with Gasteiger partial charge < -0.3 is 10.5 Å². The Morgan fingerprint density at radius 2 is 1.89 bits per heavy atom. The van der Waals surface area contributed by atoms with Gasteiger partial charge in [-0.1, -0.05) is 6.07 Å². The average molecular weight is 367 g/mol. The van der Waals surface area contributed by atoms with Gasteiger partial charge in [0.25, 0.3) is 0 Å². The summed E-state index contributed by atoms with van der Waals surface area (Å²) in [6.07, 6.45) is 0. The highest BCUT2D eigenvalue weighted by molar-refractivity contribution is 14.1. The zero-order chi connectivity index (χ0) is 13.8. The molecule has 0 aromatic heterocycles. The normalized spacial score (nSPS) is 10.2. The van der Waals surface area contributed by atoms with Crippen molar-refractivity contribution >= 4 is 34.1 Å². The Balaban J connectivity index is 2.43. The summed E-state index contributed by atoms with van der Waals surface area (Å²) in [6, 6.07) is 12.7. The number of hydrogen-bond acceptors (Lipinski definition) is 3. The molecule has 4 heteroatoms. The Bertz CT molecular complexity index is 594. The number of benzene rings is 2. The quantitative estimate of drug-likeness (QED) is 0.511. The van der Waals surface area contributed by atoms with E-state index in [4.69, 9.17) is 10.5 Å². The van der Waals surface area contributed by atoms with Crippen LogP contribution in [0.1, 0.15) is 22.8 Å². The molecule has 3 nitrogen and oxygen atoms in total. The molecule has 0 aliphatic heterocycles. The lowest BCUT2D eigenvalue weighted by molar-refractivity contribution is 0.103. The molecule has 0 atom stereocenters. The van der Waals surface area contributed by atoms with E-state index in [1.54, 1.807) is 18.2 Å². The second-order valence-corrected chi connectivity index (χ2v) is 5.24. The molecule has 0 saturated carbocycles. The van der Waals surface area contributed by atoms with Crippen molar-refractivity contribution in [3.63, 3.8) is 0 Å². The zero-order valence-electron chi connectivity index (χ0n) is 10.5. The van der Waals surface area contributed by atoms with Gasteiger partial charge in [-0.15, -0.1) is 0 Å². The summed E-state index contributed by atoms with van der Waals surface area (Å²) in [6.45, 7) is 2.34. The monoisotopic (exact) mass is 367 g/mol. The van der Waals surface area contributed by atoms with Crippen molar-refractivity contribution in [1.82, 2.24) is 0 Å². The molecule has 0 heterocycles. The SMILES string of the molecule is CCOc1c(N)cccc1C(=O)c1ccc(I)cc1. The maximum atomic E-state index is 12.5. The highest BCUT2D eigenvalue weighted by Gasteiger charge is 2.16. The summed E-state index contributed by atoms with van der Waals surface area (Å²) in [4.78, 5) is 12.5. The van der Waals surface area contributed by atoms with Crippen LogP contribution < -0.4 is 10.5 Å². The fraction of sp³-hybridized carbons (Fsp3) is 0.133. The van der Waals surface area contributed by atoms with Gasteiger partial charge in [0.15, 0.2) is 11.5 Å². The molecular weight excluding hydrogens is 353 g/mol. The molecule has 0 spiro atoms. The lowest BCUT2D eigenvalue weighted by atomic mass is 10.0. The van der Waals surface area contributed by atoms with Crippen molar-refractivity contribution < 1.29 is 9.53 Å². The maximum Gasteiger partial charge on any atom is 0.196 e. The molecule has 0 radical (unpaired) electrons. The van der Waals surface area contributed by atoms with Crippen LogP contribution in [0, 0.1) is 3.57 Å². The highest BCUT2D eigenvalue weighted by atomic mass is 127. The highest BCUT2D eigenvalue weighted by Crippen LogP contribution is 2.28. The van der Waals surface area contributed by atoms with E-state index in [0.29, 0.717) is 29.2 Å². The number of nitrogen functional groups attached to an aromatic ring is 1. The fourth-order valence-electron chi connectivity index (χ4n) is 1.80. The summed E-state index contributed by atoms with van der Waals surface area (Å²) in [5.74, 6) is 0.390. The summed E-state index contributed by atoms with van der Waals surface area (Å²) in [5.41, 5.74) is 7.49. The Hall–Kier alpha value is -1.56. The van der Waals surface area contributed by atoms with Gasteiger partial charge in [-0.05, 0) is 65.9 Å². The molecule has 2 rings (SSSR count). The molecular formula is C15H14INO2. The molecule has 0 aliphatic rings. The minimum Gasteiger partial charge on any atom is -0.491 e. The molecule has 0 saturated heterocycles. The third-order valence-corrected chi connectivity index (χ3v) is 3.40. The smallest absolute Gasteiger partial charge is 0.196 e. The molecule has 0 bridgehead atoms. The van der Waals surface area contributed by atoms with Crippen molar-refractivity contribution in [2.24, 2.45) is 0 Å². The average Bonchev–Trinajstić information content (AvgIpc) is 2.41. The van der Waals surface area contributed by atoms with Crippen LogP contribution in [0.15, 0.2) is 42.5 Å². The lowest BCUT2D eigenvalue weighted by Gasteiger charge is -2.11. The minimum atomic E-state index is -0.0767. The Labute approximate surface area is 125 Å². The number of carbonyl (C=O) groups is 1. The standard InChI is InChI=1S/C15H14INO2/c1-2-19-15-12(4-3-5-13(15)17)14(18)10-6-8-11(16)9-7-10/h3-9H,2,17H2,1H3. The van der Waals surface area contributed by atoms with Crippen LogP contribution in [0.5, 0.6) is 5.75 Å². The van der Waals surface area contributed by atoms with E-state index in [0.717, 1.165) is 3.57 Å². The van der Waals surface area contributed by atoms with Gasteiger partial charge in [-0.2, -0.15) is 0 Å². The first-order valence-electron chi connectivity index (χ1n) is 5.95. The van der Waals surface area contributed by atoms with Crippen LogP contribution in [-0.4, -0.2) is 12.4 Å². The first-order valence-corrected chi connectivity index (χ1v) is 7.03. The van der Waals surface area contributed by atoms with Crippen LogP contribution >= 0.6 is 22.6 Å². The predicted octanol–water partition coefficient (Wildman–Crippen LogP) is 3.50. The molecule has 19 heavy (non-hydrogen) atoms. The topological polar surface area (TPSA) is 52.3 Å². The Morgan fingerprint density at radius 1 is 1.21 bits per heavy atom. The summed E-state index contributed by atoms with van der Waals surface area (Å²) < 4.78 is 6.58. The number of ether oxygens (including phenoxy) is 1. The second kappa shape index (κ2) is 6.06. The number of ketones is 1. The second-order valence-electron chi connectivity index (χ2n) is 3.99. The summed E-state index contributed by atoms with van der Waals surface area (Å²) in [7, 11) is 0.